The van der Waals surface area contributed by atoms with Crippen molar-refractivity contribution in [3.05, 3.63) is 34.6 Å². The Morgan fingerprint density at radius 1 is 1.12 bits per heavy atom. The van der Waals surface area contributed by atoms with Crippen LogP contribution in [0, 0.1) is 11.2 Å². The molecule has 2 aliphatic rings. The maximum Gasteiger partial charge on any atom is 0.310 e. The Kier molecular flexibility index (Phi) is 5.18. The van der Waals surface area contributed by atoms with Crippen molar-refractivity contribution in [2.45, 2.75) is 25.7 Å². The lowest BCUT2D eigenvalue weighted by Crippen LogP contribution is -2.52. The predicted molar refractivity (Wildman–Crippen MR) is 92.4 cm³/mol. The minimum atomic E-state index is -0.920. The molecule has 1 aliphatic heterocycles. The van der Waals surface area contributed by atoms with Gasteiger partial charge in [0.1, 0.15) is 5.82 Å². The van der Waals surface area contributed by atoms with E-state index in [0.717, 1.165) is 12.5 Å². The first-order chi connectivity index (χ1) is 12.3. The number of hydrogen-bond donors (Lipinski definition) is 1. The fourth-order valence-electron chi connectivity index (χ4n) is 3.46. The van der Waals surface area contributed by atoms with Crippen molar-refractivity contribution in [1.82, 2.24) is 9.80 Å². The van der Waals surface area contributed by atoms with Crippen LogP contribution in [0.4, 0.5) is 4.39 Å². The molecule has 0 radical (unpaired) electrons. The van der Waals surface area contributed by atoms with Gasteiger partial charge in [-0.3, -0.25) is 14.4 Å². The van der Waals surface area contributed by atoms with Crippen LogP contribution in [0.25, 0.3) is 0 Å². The van der Waals surface area contributed by atoms with E-state index in [-0.39, 0.29) is 36.0 Å². The zero-order valence-corrected chi connectivity index (χ0v) is 15.0. The topological polar surface area (TPSA) is 77.9 Å². The molecule has 26 heavy (non-hydrogen) atoms. The Bertz CT molecular complexity index is 743. The number of nitrogens with zero attached hydrogens (tertiary/aromatic N) is 2. The lowest BCUT2D eigenvalue weighted by Gasteiger charge is -2.40. The molecule has 0 aromatic heterocycles. The first kappa shape index (κ1) is 18.6. The standard InChI is InChI=1S/C18H20ClFN2O4/c19-12-2-3-13(14(20)10-12)16(24)22-8-6-21(7-9-22)15(23)11-18(17(25)26)4-1-5-18/h2-3,10H,1,4-9,11H2,(H,25,26). The number of aliphatic carboxylic acids is 1. The van der Waals surface area contributed by atoms with E-state index >= 15 is 0 Å². The Labute approximate surface area is 155 Å². The second-order valence-electron chi connectivity index (χ2n) is 6.91. The molecule has 2 fully saturated rings. The number of halogens is 2. The van der Waals surface area contributed by atoms with Gasteiger partial charge in [0.2, 0.25) is 5.91 Å². The molecule has 6 nitrogen and oxygen atoms in total. The normalized spacial score (nSPS) is 19.0. The third-order valence-electron chi connectivity index (χ3n) is 5.34. The van der Waals surface area contributed by atoms with Gasteiger partial charge in [-0.1, -0.05) is 18.0 Å². The molecular formula is C18H20ClFN2O4. The Balaban J connectivity index is 1.58. The highest BCUT2D eigenvalue weighted by Gasteiger charge is 2.46. The number of carboxylic acids is 1. The molecule has 0 unspecified atom stereocenters. The van der Waals surface area contributed by atoms with E-state index in [4.69, 9.17) is 11.6 Å². The van der Waals surface area contributed by atoms with Gasteiger partial charge in [-0.15, -0.1) is 0 Å². The third kappa shape index (κ3) is 3.53. The second kappa shape index (κ2) is 7.23. The molecule has 1 aromatic carbocycles. The predicted octanol–water partition coefficient (Wildman–Crippen LogP) is 2.41. The summed E-state index contributed by atoms with van der Waals surface area (Å²) in [6.07, 6.45) is 1.89. The molecule has 1 saturated carbocycles. The molecule has 2 amide bonds. The molecule has 1 aromatic rings. The van der Waals surface area contributed by atoms with Crippen molar-refractivity contribution in [2.75, 3.05) is 26.2 Å². The van der Waals surface area contributed by atoms with Crippen LogP contribution in [0.1, 0.15) is 36.0 Å². The summed E-state index contributed by atoms with van der Waals surface area (Å²) < 4.78 is 13.9. The van der Waals surface area contributed by atoms with Crippen LogP contribution in [0.3, 0.4) is 0 Å². The summed E-state index contributed by atoms with van der Waals surface area (Å²) in [5.74, 6) is -2.22. The lowest BCUT2D eigenvalue weighted by molar-refractivity contribution is -0.159. The minimum Gasteiger partial charge on any atom is -0.481 e. The van der Waals surface area contributed by atoms with Crippen molar-refractivity contribution >= 4 is 29.4 Å². The van der Waals surface area contributed by atoms with E-state index < -0.39 is 23.1 Å². The largest absolute Gasteiger partial charge is 0.481 e. The summed E-state index contributed by atoms with van der Waals surface area (Å²) in [6, 6.07) is 3.91. The first-order valence-corrected chi connectivity index (χ1v) is 8.96. The van der Waals surface area contributed by atoms with Gasteiger partial charge in [-0.2, -0.15) is 0 Å². The highest BCUT2D eigenvalue weighted by molar-refractivity contribution is 6.30. The SMILES string of the molecule is O=C(CC1(C(=O)O)CCC1)N1CCN(C(=O)c2ccc(Cl)cc2F)CC1. The van der Waals surface area contributed by atoms with Gasteiger partial charge in [0.15, 0.2) is 0 Å². The number of carboxylic acid groups (broad SMARTS) is 1. The first-order valence-electron chi connectivity index (χ1n) is 8.58. The average Bonchev–Trinajstić information content (AvgIpc) is 2.57. The number of amides is 2. The van der Waals surface area contributed by atoms with E-state index in [9.17, 15) is 23.9 Å². The zero-order valence-electron chi connectivity index (χ0n) is 14.2. The molecule has 3 rings (SSSR count). The number of piperazine rings is 1. The highest BCUT2D eigenvalue weighted by atomic mass is 35.5. The molecule has 1 saturated heterocycles. The van der Waals surface area contributed by atoms with Crippen molar-refractivity contribution in [3.63, 3.8) is 0 Å². The minimum absolute atomic E-state index is 0.00208. The van der Waals surface area contributed by atoms with E-state index in [1.54, 1.807) is 4.90 Å². The molecule has 1 aliphatic carbocycles. The zero-order chi connectivity index (χ0) is 18.9. The fourth-order valence-corrected chi connectivity index (χ4v) is 3.62. The molecule has 0 atom stereocenters. The molecular weight excluding hydrogens is 363 g/mol. The third-order valence-corrected chi connectivity index (χ3v) is 5.57. The second-order valence-corrected chi connectivity index (χ2v) is 7.35. The smallest absolute Gasteiger partial charge is 0.310 e. The molecule has 8 heteroatoms. The van der Waals surface area contributed by atoms with Gasteiger partial charge in [-0.05, 0) is 31.0 Å². The molecule has 1 heterocycles. The van der Waals surface area contributed by atoms with Gasteiger partial charge in [0, 0.05) is 37.6 Å². The molecule has 0 bridgehead atoms. The van der Waals surface area contributed by atoms with E-state index in [0.29, 0.717) is 25.9 Å². The van der Waals surface area contributed by atoms with Crippen LogP contribution in [0.15, 0.2) is 18.2 Å². The molecule has 140 valence electrons. The Hall–Kier alpha value is -2.15. The monoisotopic (exact) mass is 382 g/mol. The van der Waals surface area contributed by atoms with Crippen LogP contribution in [-0.4, -0.2) is 58.9 Å². The lowest BCUT2D eigenvalue weighted by atomic mass is 9.66. The molecule has 0 spiro atoms. The fraction of sp³-hybridized carbons (Fsp3) is 0.500. The Morgan fingerprint density at radius 3 is 2.23 bits per heavy atom. The van der Waals surface area contributed by atoms with Crippen molar-refractivity contribution in [1.29, 1.82) is 0 Å². The van der Waals surface area contributed by atoms with Gasteiger partial charge >= 0.3 is 5.97 Å². The average molecular weight is 383 g/mol. The van der Waals surface area contributed by atoms with Crippen molar-refractivity contribution < 1.29 is 23.9 Å². The maximum atomic E-state index is 13.9. The number of benzene rings is 1. The van der Waals surface area contributed by atoms with Gasteiger partial charge in [-0.25, -0.2) is 4.39 Å². The maximum absolute atomic E-state index is 13.9. The van der Waals surface area contributed by atoms with Crippen LogP contribution >= 0.6 is 11.6 Å². The van der Waals surface area contributed by atoms with Gasteiger partial charge in [0.25, 0.3) is 5.91 Å². The number of carbonyl (C=O) groups is 3. The van der Waals surface area contributed by atoms with E-state index in [1.807, 2.05) is 0 Å². The number of rotatable bonds is 4. The number of hydrogen-bond acceptors (Lipinski definition) is 3. The summed E-state index contributed by atoms with van der Waals surface area (Å²) in [5, 5.41) is 9.57. The van der Waals surface area contributed by atoms with E-state index in [1.165, 1.54) is 17.0 Å². The quantitative estimate of drug-likeness (QED) is 0.867. The van der Waals surface area contributed by atoms with E-state index in [2.05, 4.69) is 0 Å². The van der Waals surface area contributed by atoms with Crippen LogP contribution in [-0.2, 0) is 9.59 Å². The van der Waals surface area contributed by atoms with Crippen LogP contribution in [0.5, 0.6) is 0 Å². The van der Waals surface area contributed by atoms with Crippen molar-refractivity contribution in [2.24, 2.45) is 5.41 Å². The summed E-state index contributed by atoms with van der Waals surface area (Å²) in [6.45, 7) is 1.20. The number of carbonyl (C=O) groups excluding carboxylic acids is 2. The van der Waals surface area contributed by atoms with Crippen molar-refractivity contribution in [3.8, 4) is 0 Å². The summed E-state index contributed by atoms with van der Waals surface area (Å²) >= 11 is 5.70. The Morgan fingerprint density at radius 2 is 1.73 bits per heavy atom. The van der Waals surface area contributed by atoms with Gasteiger partial charge < -0.3 is 14.9 Å². The summed E-state index contributed by atoms with van der Waals surface area (Å²) in [5.41, 5.74) is -0.968. The van der Waals surface area contributed by atoms with Crippen LogP contribution < -0.4 is 0 Å². The van der Waals surface area contributed by atoms with Gasteiger partial charge in [0.05, 0.1) is 11.0 Å². The molecule has 1 N–H and O–H groups in total. The highest BCUT2D eigenvalue weighted by Crippen LogP contribution is 2.44. The summed E-state index contributed by atoms with van der Waals surface area (Å²) in [4.78, 5) is 39.4. The summed E-state index contributed by atoms with van der Waals surface area (Å²) in [7, 11) is 0. The van der Waals surface area contributed by atoms with Crippen LogP contribution in [0.2, 0.25) is 5.02 Å².